The molecule has 21 heavy (non-hydrogen) atoms. The van der Waals surface area contributed by atoms with E-state index in [1.807, 2.05) is 61.5 Å². The van der Waals surface area contributed by atoms with Crippen molar-refractivity contribution in [1.29, 1.82) is 0 Å². The number of anilines is 1. The van der Waals surface area contributed by atoms with E-state index in [9.17, 15) is 0 Å². The molecule has 1 aliphatic rings. The molecule has 0 unspecified atom stereocenters. The lowest BCUT2D eigenvalue weighted by molar-refractivity contribution is 0.171. The summed E-state index contributed by atoms with van der Waals surface area (Å²) in [6.45, 7) is 15.9. The van der Waals surface area contributed by atoms with Crippen molar-refractivity contribution in [3.05, 3.63) is 41.8 Å². The maximum atomic E-state index is 4.81. The van der Waals surface area contributed by atoms with Gasteiger partial charge < -0.3 is 10.2 Å². The Hall–Kier alpha value is -2.04. The van der Waals surface area contributed by atoms with Gasteiger partial charge in [-0.05, 0) is 13.8 Å². The average molecular weight is 294 g/mol. The van der Waals surface area contributed by atoms with Crippen molar-refractivity contribution in [2.75, 3.05) is 5.32 Å². The molecule has 0 atom stereocenters. The predicted molar refractivity (Wildman–Crippen MR) is 90.6 cm³/mol. The third kappa shape index (κ3) is 7.97. The molecule has 0 fully saturated rings. The highest BCUT2D eigenvalue weighted by molar-refractivity contribution is 5.51. The van der Waals surface area contributed by atoms with Crippen LogP contribution in [0.25, 0.3) is 0 Å². The molecule has 0 saturated carbocycles. The van der Waals surface area contributed by atoms with Gasteiger partial charge in [0, 0.05) is 17.3 Å². The molecule has 1 aromatic heterocycles. The van der Waals surface area contributed by atoms with E-state index in [-0.39, 0.29) is 0 Å². The monoisotopic (exact) mass is 294 g/mol. The van der Waals surface area contributed by atoms with Gasteiger partial charge in [-0.25, -0.2) is 15.4 Å². The fraction of sp³-hybridized carbons (Fsp3) is 0.500. The molecule has 0 saturated heterocycles. The first-order valence-corrected chi connectivity index (χ1v) is 7.60. The van der Waals surface area contributed by atoms with Crippen LogP contribution in [0.4, 0.5) is 5.82 Å². The van der Waals surface area contributed by atoms with E-state index in [1.165, 1.54) is 0 Å². The lowest BCUT2D eigenvalue weighted by Crippen LogP contribution is -2.12. The zero-order valence-corrected chi connectivity index (χ0v) is 14.6. The van der Waals surface area contributed by atoms with Gasteiger partial charge in [0.1, 0.15) is 18.4 Å². The van der Waals surface area contributed by atoms with Gasteiger partial charge in [0.15, 0.2) is 0 Å². The Balaban J connectivity index is 0. The van der Waals surface area contributed by atoms with Gasteiger partial charge in [-0.3, -0.25) is 0 Å². The summed E-state index contributed by atoms with van der Waals surface area (Å²) >= 11 is 0. The van der Waals surface area contributed by atoms with E-state index in [1.54, 1.807) is 18.8 Å². The Morgan fingerprint density at radius 1 is 1.00 bits per heavy atom. The SMILES string of the molecule is CC.CC.CC.Cc1ncnc(NC2=CNOC=C2)c1C. The Bertz CT molecular complexity index is 428. The maximum Gasteiger partial charge on any atom is 0.136 e. The largest absolute Gasteiger partial charge is 0.390 e. The van der Waals surface area contributed by atoms with E-state index in [0.29, 0.717) is 0 Å². The molecule has 2 rings (SSSR count). The molecule has 0 aliphatic carbocycles. The zero-order chi connectivity index (χ0) is 16.7. The number of aryl methyl sites for hydroxylation is 1. The van der Waals surface area contributed by atoms with E-state index in [0.717, 1.165) is 22.8 Å². The molecule has 120 valence electrons. The minimum Gasteiger partial charge on any atom is -0.390 e. The second-order valence-corrected chi connectivity index (χ2v) is 3.20. The van der Waals surface area contributed by atoms with Crippen LogP contribution in [-0.4, -0.2) is 9.97 Å². The molecular formula is C16H30N4O. The van der Waals surface area contributed by atoms with Crippen LogP contribution < -0.4 is 10.8 Å². The smallest absolute Gasteiger partial charge is 0.136 e. The molecule has 5 heteroatoms. The fourth-order valence-electron chi connectivity index (χ4n) is 1.17. The summed E-state index contributed by atoms with van der Waals surface area (Å²) in [4.78, 5) is 13.1. The lowest BCUT2D eigenvalue weighted by atomic mass is 10.2. The third-order valence-corrected chi connectivity index (χ3v) is 2.20. The van der Waals surface area contributed by atoms with Crippen LogP contribution in [0.15, 0.2) is 30.6 Å². The number of nitrogens with one attached hydrogen (secondary N) is 2. The molecular weight excluding hydrogens is 264 g/mol. The van der Waals surface area contributed by atoms with Crippen LogP contribution in [0.2, 0.25) is 0 Å². The van der Waals surface area contributed by atoms with Crippen LogP contribution in [0.5, 0.6) is 0 Å². The van der Waals surface area contributed by atoms with Gasteiger partial charge in [0.2, 0.25) is 0 Å². The summed E-state index contributed by atoms with van der Waals surface area (Å²) < 4.78 is 0. The predicted octanol–water partition coefficient (Wildman–Crippen LogP) is 4.47. The number of hydrogen-bond donors (Lipinski definition) is 2. The Kier molecular flexibility index (Phi) is 14.5. The van der Waals surface area contributed by atoms with Gasteiger partial charge >= 0.3 is 0 Å². The van der Waals surface area contributed by atoms with E-state index in [4.69, 9.17) is 4.84 Å². The van der Waals surface area contributed by atoms with E-state index >= 15 is 0 Å². The Labute approximate surface area is 129 Å². The quantitative estimate of drug-likeness (QED) is 0.842. The average Bonchev–Trinajstić information content (AvgIpc) is 2.58. The number of allylic oxidation sites excluding steroid dienone is 1. The van der Waals surface area contributed by atoms with Crippen LogP contribution in [0.3, 0.4) is 0 Å². The number of aromatic nitrogens is 2. The van der Waals surface area contributed by atoms with Crippen molar-refractivity contribution in [2.24, 2.45) is 0 Å². The molecule has 5 nitrogen and oxygen atoms in total. The molecule has 1 aliphatic heterocycles. The summed E-state index contributed by atoms with van der Waals surface area (Å²) in [6, 6.07) is 0. The van der Waals surface area contributed by atoms with Crippen molar-refractivity contribution in [3.63, 3.8) is 0 Å². The molecule has 0 aromatic carbocycles. The Morgan fingerprint density at radius 3 is 2.14 bits per heavy atom. The van der Waals surface area contributed by atoms with Gasteiger partial charge in [-0.2, -0.15) is 0 Å². The van der Waals surface area contributed by atoms with Gasteiger partial charge in [-0.1, -0.05) is 41.5 Å². The van der Waals surface area contributed by atoms with Gasteiger partial charge in [-0.15, -0.1) is 0 Å². The first-order chi connectivity index (χ1) is 10.3. The fourth-order valence-corrected chi connectivity index (χ4v) is 1.17. The second-order valence-electron chi connectivity index (χ2n) is 3.20. The van der Waals surface area contributed by atoms with E-state index in [2.05, 4.69) is 20.8 Å². The summed E-state index contributed by atoms with van der Waals surface area (Å²) in [6.07, 6.45) is 6.64. The minimum atomic E-state index is 0.808. The number of nitrogens with zero attached hydrogens (tertiary/aromatic N) is 2. The van der Waals surface area contributed by atoms with Crippen molar-refractivity contribution in [3.8, 4) is 0 Å². The summed E-state index contributed by atoms with van der Waals surface area (Å²) in [5.41, 5.74) is 5.54. The minimum absolute atomic E-state index is 0.808. The molecule has 0 spiro atoms. The lowest BCUT2D eigenvalue weighted by Gasteiger charge is -2.12. The molecule has 1 aromatic rings. The van der Waals surface area contributed by atoms with Crippen molar-refractivity contribution >= 4 is 5.82 Å². The topological polar surface area (TPSA) is 59.1 Å². The van der Waals surface area contributed by atoms with Crippen molar-refractivity contribution in [1.82, 2.24) is 15.4 Å². The summed E-state index contributed by atoms with van der Waals surface area (Å²) in [5, 5.41) is 3.17. The molecule has 0 radical (unpaired) electrons. The standard InChI is InChI=1S/C10H12N4O.3C2H6/c1-7-8(2)11-6-12-10(7)14-9-3-4-15-13-5-9;3*1-2/h3-6,13H,1-2H3,(H,11,12,14);3*1-2H3. The maximum absolute atomic E-state index is 4.81. The van der Waals surface area contributed by atoms with Crippen LogP contribution >= 0.6 is 0 Å². The van der Waals surface area contributed by atoms with Gasteiger partial charge in [0.25, 0.3) is 0 Å². The van der Waals surface area contributed by atoms with Crippen molar-refractivity contribution < 1.29 is 4.84 Å². The number of hydroxylamine groups is 1. The number of hydrogen-bond acceptors (Lipinski definition) is 5. The van der Waals surface area contributed by atoms with Crippen LogP contribution in [0, 0.1) is 13.8 Å². The summed E-state index contributed by atoms with van der Waals surface area (Å²) in [7, 11) is 0. The molecule has 0 amide bonds. The highest BCUT2D eigenvalue weighted by Gasteiger charge is 2.05. The summed E-state index contributed by atoms with van der Waals surface area (Å²) in [5.74, 6) is 0.808. The highest BCUT2D eigenvalue weighted by Crippen LogP contribution is 2.15. The van der Waals surface area contributed by atoms with Crippen LogP contribution in [0.1, 0.15) is 52.8 Å². The Morgan fingerprint density at radius 2 is 1.62 bits per heavy atom. The first-order valence-electron chi connectivity index (χ1n) is 7.60. The van der Waals surface area contributed by atoms with E-state index < -0.39 is 0 Å². The zero-order valence-electron chi connectivity index (χ0n) is 14.6. The molecule has 0 bridgehead atoms. The molecule has 2 N–H and O–H groups in total. The van der Waals surface area contributed by atoms with Crippen LogP contribution in [-0.2, 0) is 4.84 Å². The number of rotatable bonds is 2. The third-order valence-electron chi connectivity index (χ3n) is 2.20. The normalized spacial score (nSPS) is 10.8. The van der Waals surface area contributed by atoms with Crippen molar-refractivity contribution in [2.45, 2.75) is 55.4 Å². The highest BCUT2D eigenvalue weighted by atomic mass is 16.6. The van der Waals surface area contributed by atoms with Gasteiger partial charge in [0.05, 0.1) is 11.9 Å². The molecule has 2 heterocycles. The first kappa shape index (κ1) is 21.3. The second kappa shape index (κ2) is 14.4.